The monoisotopic (exact) mass is 335 g/mol. The summed E-state index contributed by atoms with van der Waals surface area (Å²) in [5.74, 6) is -1.41. The lowest BCUT2D eigenvalue weighted by molar-refractivity contribution is -0.138. The number of nitrogens with zero attached hydrogens (tertiary/aromatic N) is 2. The van der Waals surface area contributed by atoms with E-state index >= 15 is 0 Å². The number of para-hydroxylation sites is 1. The summed E-state index contributed by atoms with van der Waals surface area (Å²) in [5, 5.41) is 3.29. The summed E-state index contributed by atoms with van der Waals surface area (Å²) in [5.41, 5.74) is 0.991. The van der Waals surface area contributed by atoms with E-state index < -0.39 is 11.9 Å². The normalized spacial score (nSPS) is 11.0. The van der Waals surface area contributed by atoms with Crippen LogP contribution in [-0.4, -0.2) is 35.7 Å². The average molecular weight is 336 g/mol. The highest BCUT2D eigenvalue weighted by Gasteiger charge is 2.16. The van der Waals surface area contributed by atoms with Gasteiger partial charge in [0.05, 0.1) is 43.0 Å². The van der Waals surface area contributed by atoms with Gasteiger partial charge in [0, 0.05) is 12.4 Å². The van der Waals surface area contributed by atoms with Gasteiger partial charge in [-0.1, -0.05) is 17.7 Å². The second-order valence-corrected chi connectivity index (χ2v) is 4.71. The lowest BCUT2D eigenvalue weighted by atomic mass is 10.2. The molecule has 0 atom stereocenters. The van der Waals surface area contributed by atoms with Crippen LogP contribution in [0, 0.1) is 0 Å². The largest absolute Gasteiger partial charge is 0.466 e. The van der Waals surface area contributed by atoms with Crippen LogP contribution >= 0.6 is 11.6 Å². The van der Waals surface area contributed by atoms with E-state index in [-0.39, 0.29) is 5.70 Å². The quantitative estimate of drug-likeness (QED) is 0.666. The van der Waals surface area contributed by atoms with E-state index in [1.807, 2.05) is 0 Å². The molecule has 2 rings (SSSR count). The first-order chi connectivity index (χ1) is 11.1. The van der Waals surface area contributed by atoms with Crippen molar-refractivity contribution in [2.75, 3.05) is 19.5 Å². The first-order valence-corrected chi connectivity index (χ1v) is 6.86. The van der Waals surface area contributed by atoms with Crippen molar-refractivity contribution in [3.05, 3.63) is 53.7 Å². The van der Waals surface area contributed by atoms with Crippen molar-refractivity contribution in [3.63, 3.8) is 0 Å². The van der Waals surface area contributed by atoms with Gasteiger partial charge in [0.25, 0.3) is 0 Å². The lowest BCUT2D eigenvalue weighted by Gasteiger charge is -2.15. The highest BCUT2D eigenvalue weighted by atomic mass is 35.5. The molecule has 1 aromatic carbocycles. The van der Waals surface area contributed by atoms with Gasteiger partial charge in [-0.3, -0.25) is 0 Å². The SMILES string of the molecule is COC(=O)/C=C(/Nc1cccc(Cl)c1-n1ccnc1)C(=O)OC. The van der Waals surface area contributed by atoms with Crippen LogP contribution < -0.4 is 5.32 Å². The van der Waals surface area contributed by atoms with Crippen molar-refractivity contribution in [1.82, 2.24) is 9.55 Å². The standard InChI is InChI=1S/C15H14ClN3O4/c1-22-13(20)8-12(15(21)23-2)18-11-5-3-4-10(16)14(11)19-7-6-17-9-19/h3-9,18H,1-2H3/b12-8+. The molecule has 1 aromatic heterocycles. The number of methoxy groups -OCH3 is 2. The lowest BCUT2D eigenvalue weighted by Crippen LogP contribution is -2.16. The number of carbonyl (C=O) groups is 2. The Balaban J connectivity index is 2.45. The topological polar surface area (TPSA) is 82.5 Å². The van der Waals surface area contributed by atoms with Crippen molar-refractivity contribution >= 4 is 29.2 Å². The summed E-state index contributed by atoms with van der Waals surface area (Å²) in [4.78, 5) is 27.2. The number of nitrogens with one attached hydrogen (secondary N) is 1. The molecule has 0 aliphatic carbocycles. The van der Waals surface area contributed by atoms with E-state index in [9.17, 15) is 9.59 Å². The number of imidazole rings is 1. The Morgan fingerprint density at radius 2 is 2.09 bits per heavy atom. The number of ether oxygens (including phenoxy) is 2. The molecule has 0 spiro atoms. The van der Waals surface area contributed by atoms with Gasteiger partial charge >= 0.3 is 11.9 Å². The predicted molar refractivity (Wildman–Crippen MR) is 84.3 cm³/mol. The van der Waals surface area contributed by atoms with E-state index in [0.717, 1.165) is 6.08 Å². The molecule has 0 aliphatic heterocycles. The molecular weight excluding hydrogens is 322 g/mol. The third-order valence-corrected chi connectivity index (χ3v) is 3.19. The van der Waals surface area contributed by atoms with Crippen LogP contribution in [0.1, 0.15) is 0 Å². The van der Waals surface area contributed by atoms with Gasteiger partial charge in [-0.25, -0.2) is 14.6 Å². The third kappa shape index (κ3) is 3.89. The minimum atomic E-state index is -0.716. The zero-order valence-corrected chi connectivity index (χ0v) is 13.2. The summed E-state index contributed by atoms with van der Waals surface area (Å²) in [7, 11) is 2.42. The smallest absolute Gasteiger partial charge is 0.354 e. The van der Waals surface area contributed by atoms with Gasteiger partial charge in [-0.05, 0) is 12.1 Å². The molecule has 0 saturated heterocycles. The van der Waals surface area contributed by atoms with Gasteiger partial charge in [0.2, 0.25) is 0 Å². The van der Waals surface area contributed by atoms with E-state index in [2.05, 4.69) is 19.8 Å². The number of hydrogen-bond acceptors (Lipinski definition) is 6. The van der Waals surface area contributed by atoms with Crippen LogP contribution in [0.15, 0.2) is 48.7 Å². The zero-order chi connectivity index (χ0) is 16.8. The second kappa shape index (κ2) is 7.46. The Hall–Kier alpha value is -2.80. The predicted octanol–water partition coefficient (Wildman–Crippen LogP) is 2.17. The molecule has 2 aromatic rings. The summed E-state index contributed by atoms with van der Waals surface area (Å²) in [6.07, 6.45) is 5.87. The average Bonchev–Trinajstić information content (AvgIpc) is 3.07. The number of halogens is 1. The van der Waals surface area contributed by atoms with Crippen LogP contribution in [0.25, 0.3) is 5.69 Å². The summed E-state index contributed by atoms with van der Waals surface area (Å²) >= 11 is 6.23. The number of aromatic nitrogens is 2. The third-order valence-electron chi connectivity index (χ3n) is 2.89. The van der Waals surface area contributed by atoms with E-state index in [1.54, 1.807) is 41.5 Å². The first kappa shape index (κ1) is 16.6. The van der Waals surface area contributed by atoms with Crippen LogP contribution in [-0.2, 0) is 19.1 Å². The minimum Gasteiger partial charge on any atom is -0.466 e. The van der Waals surface area contributed by atoms with Crippen molar-refractivity contribution in [1.29, 1.82) is 0 Å². The highest BCUT2D eigenvalue weighted by molar-refractivity contribution is 6.33. The molecule has 0 bridgehead atoms. The number of hydrogen-bond donors (Lipinski definition) is 1. The van der Waals surface area contributed by atoms with Crippen LogP contribution in [0.5, 0.6) is 0 Å². The molecule has 0 amide bonds. The summed E-state index contributed by atoms with van der Waals surface area (Å²) in [6, 6.07) is 5.11. The molecule has 120 valence electrons. The summed E-state index contributed by atoms with van der Waals surface area (Å²) < 4.78 is 10.9. The summed E-state index contributed by atoms with van der Waals surface area (Å²) in [6.45, 7) is 0. The fourth-order valence-corrected chi connectivity index (χ4v) is 2.12. The second-order valence-electron chi connectivity index (χ2n) is 4.30. The Morgan fingerprint density at radius 3 is 2.70 bits per heavy atom. The zero-order valence-electron chi connectivity index (χ0n) is 12.4. The Morgan fingerprint density at radius 1 is 1.30 bits per heavy atom. The maximum atomic E-state index is 11.8. The van der Waals surface area contributed by atoms with Gasteiger partial charge in [0.15, 0.2) is 0 Å². The maximum absolute atomic E-state index is 11.8. The fraction of sp³-hybridized carbons (Fsp3) is 0.133. The maximum Gasteiger partial charge on any atom is 0.354 e. The molecule has 7 nitrogen and oxygen atoms in total. The fourth-order valence-electron chi connectivity index (χ4n) is 1.85. The van der Waals surface area contributed by atoms with Crippen molar-refractivity contribution in [2.24, 2.45) is 0 Å². The van der Waals surface area contributed by atoms with Crippen LogP contribution in [0.3, 0.4) is 0 Å². The number of anilines is 1. The number of esters is 2. The molecule has 0 unspecified atom stereocenters. The molecule has 1 heterocycles. The first-order valence-electron chi connectivity index (χ1n) is 6.48. The Bertz CT molecular complexity index is 741. The molecule has 23 heavy (non-hydrogen) atoms. The van der Waals surface area contributed by atoms with Crippen molar-refractivity contribution in [3.8, 4) is 5.69 Å². The molecule has 0 saturated carbocycles. The van der Waals surface area contributed by atoms with Gasteiger partial charge in [-0.2, -0.15) is 0 Å². The molecule has 0 radical (unpaired) electrons. The molecule has 0 fully saturated rings. The van der Waals surface area contributed by atoms with E-state index in [1.165, 1.54) is 14.2 Å². The molecule has 0 aliphatic rings. The van der Waals surface area contributed by atoms with Crippen LogP contribution in [0.4, 0.5) is 5.69 Å². The molecule has 1 N–H and O–H groups in total. The van der Waals surface area contributed by atoms with Gasteiger partial charge in [0.1, 0.15) is 5.70 Å². The van der Waals surface area contributed by atoms with E-state index in [4.69, 9.17) is 11.6 Å². The van der Waals surface area contributed by atoms with Gasteiger partial charge in [-0.15, -0.1) is 0 Å². The van der Waals surface area contributed by atoms with Crippen LogP contribution in [0.2, 0.25) is 5.02 Å². The van der Waals surface area contributed by atoms with Crippen molar-refractivity contribution < 1.29 is 19.1 Å². The minimum absolute atomic E-state index is 0.0806. The number of benzene rings is 1. The Kier molecular flexibility index (Phi) is 5.37. The van der Waals surface area contributed by atoms with Crippen molar-refractivity contribution in [2.45, 2.75) is 0 Å². The Labute approximate surface area is 137 Å². The van der Waals surface area contributed by atoms with E-state index in [0.29, 0.717) is 16.4 Å². The van der Waals surface area contributed by atoms with Gasteiger partial charge < -0.3 is 19.4 Å². The number of carbonyl (C=O) groups excluding carboxylic acids is 2. The molecular formula is C15H14ClN3O4. The number of rotatable bonds is 5. The highest BCUT2D eigenvalue weighted by Crippen LogP contribution is 2.29. The molecule has 8 heteroatoms.